The van der Waals surface area contributed by atoms with E-state index in [-0.39, 0.29) is 5.56 Å². The van der Waals surface area contributed by atoms with Crippen molar-refractivity contribution in [3.05, 3.63) is 20.8 Å². The fourth-order valence-corrected chi connectivity index (χ4v) is 5.47. The zero-order valence-corrected chi connectivity index (χ0v) is 15.8. The Morgan fingerprint density at radius 3 is 2.87 bits per heavy atom. The van der Waals surface area contributed by atoms with E-state index < -0.39 is 5.60 Å². The predicted octanol–water partition coefficient (Wildman–Crippen LogP) is 3.47. The summed E-state index contributed by atoms with van der Waals surface area (Å²) < 4.78 is 1.75. The molecule has 4 nitrogen and oxygen atoms in total. The number of thioether (sulfide) groups is 1. The molecule has 0 fully saturated rings. The number of hydrogen-bond donors (Lipinski definition) is 1. The highest BCUT2D eigenvalue weighted by atomic mass is 32.2. The first kappa shape index (κ1) is 17.0. The Labute approximate surface area is 144 Å². The fraction of sp³-hybridized carbons (Fsp3) is 0.647. The molecule has 0 saturated heterocycles. The van der Waals surface area contributed by atoms with E-state index in [0.717, 1.165) is 34.6 Å². The maximum atomic E-state index is 13.0. The van der Waals surface area contributed by atoms with Crippen LogP contribution in [-0.2, 0) is 19.4 Å². The zero-order chi connectivity index (χ0) is 16.8. The van der Waals surface area contributed by atoms with Crippen LogP contribution in [0.15, 0.2) is 9.95 Å². The van der Waals surface area contributed by atoms with Gasteiger partial charge in [-0.25, -0.2) is 4.98 Å². The number of aromatic nitrogens is 2. The second-order valence-electron chi connectivity index (χ2n) is 7.08. The molecule has 2 aromatic rings. The summed E-state index contributed by atoms with van der Waals surface area (Å²) in [4.78, 5) is 20.0. The summed E-state index contributed by atoms with van der Waals surface area (Å²) in [5.74, 6) is 1.21. The lowest BCUT2D eigenvalue weighted by Gasteiger charge is -2.18. The van der Waals surface area contributed by atoms with Crippen LogP contribution < -0.4 is 5.56 Å². The van der Waals surface area contributed by atoms with Gasteiger partial charge in [0.25, 0.3) is 5.56 Å². The molecular weight excluding hydrogens is 328 g/mol. The molecule has 126 valence electrons. The highest BCUT2D eigenvalue weighted by Gasteiger charge is 2.25. The van der Waals surface area contributed by atoms with Gasteiger partial charge in [0.15, 0.2) is 5.16 Å². The standard InChI is InChI=1S/C17H24N2O2S2/c1-5-19-15(20)13-11-7-6-10(2)8-12(11)23-14(13)18-16(19)22-9-17(3,4)21/h10,21H,5-9H2,1-4H3. The molecule has 1 N–H and O–H groups in total. The number of fused-ring (bicyclic) bond motifs is 3. The Balaban J connectivity index is 2.11. The van der Waals surface area contributed by atoms with Gasteiger partial charge in [-0.3, -0.25) is 9.36 Å². The largest absolute Gasteiger partial charge is 0.390 e. The summed E-state index contributed by atoms with van der Waals surface area (Å²) in [6.07, 6.45) is 3.21. The number of rotatable bonds is 4. The lowest BCUT2D eigenvalue weighted by molar-refractivity contribution is 0.107. The van der Waals surface area contributed by atoms with Gasteiger partial charge < -0.3 is 5.11 Å². The minimum Gasteiger partial charge on any atom is -0.390 e. The molecule has 6 heteroatoms. The molecule has 0 radical (unpaired) electrons. The molecule has 1 unspecified atom stereocenters. The van der Waals surface area contributed by atoms with Gasteiger partial charge in [-0.05, 0) is 51.5 Å². The third kappa shape index (κ3) is 3.35. The quantitative estimate of drug-likeness (QED) is 0.676. The maximum absolute atomic E-state index is 13.0. The summed E-state index contributed by atoms with van der Waals surface area (Å²) >= 11 is 3.15. The van der Waals surface area contributed by atoms with Crippen molar-refractivity contribution in [2.75, 3.05) is 5.75 Å². The van der Waals surface area contributed by atoms with Crippen molar-refractivity contribution >= 4 is 33.3 Å². The first-order chi connectivity index (χ1) is 10.8. The maximum Gasteiger partial charge on any atom is 0.263 e. The molecule has 2 aromatic heterocycles. The predicted molar refractivity (Wildman–Crippen MR) is 97.8 cm³/mol. The van der Waals surface area contributed by atoms with Crippen molar-refractivity contribution in [3.8, 4) is 0 Å². The highest BCUT2D eigenvalue weighted by molar-refractivity contribution is 7.99. The number of hydrogen-bond acceptors (Lipinski definition) is 5. The van der Waals surface area contributed by atoms with Gasteiger partial charge in [0.1, 0.15) is 4.83 Å². The van der Waals surface area contributed by atoms with E-state index in [1.54, 1.807) is 29.8 Å². The van der Waals surface area contributed by atoms with Crippen LogP contribution in [0.1, 0.15) is 44.6 Å². The highest BCUT2D eigenvalue weighted by Crippen LogP contribution is 2.36. The van der Waals surface area contributed by atoms with Crippen LogP contribution in [-0.4, -0.2) is 26.0 Å². The topological polar surface area (TPSA) is 55.1 Å². The van der Waals surface area contributed by atoms with Crippen molar-refractivity contribution < 1.29 is 5.11 Å². The van der Waals surface area contributed by atoms with E-state index in [0.29, 0.717) is 18.2 Å². The van der Waals surface area contributed by atoms with E-state index in [4.69, 9.17) is 4.98 Å². The number of thiophene rings is 1. The van der Waals surface area contributed by atoms with E-state index >= 15 is 0 Å². The molecule has 1 atom stereocenters. The molecule has 1 aliphatic rings. The van der Waals surface area contributed by atoms with Gasteiger partial charge in [0.05, 0.1) is 11.0 Å². The number of aryl methyl sites for hydroxylation is 1. The molecule has 23 heavy (non-hydrogen) atoms. The molecule has 2 heterocycles. The molecule has 0 saturated carbocycles. The summed E-state index contributed by atoms with van der Waals surface area (Å²) in [6, 6.07) is 0. The van der Waals surface area contributed by atoms with Crippen LogP contribution in [0.2, 0.25) is 0 Å². The monoisotopic (exact) mass is 352 g/mol. The average molecular weight is 353 g/mol. The van der Waals surface area contributed by atoms with Crippen LogP contribution >= 0.6 is 23.1 Å². The van der Waals surface area contributed by atoms with Gasteiger partial charge in [-0.2, -0.15) is 0 Å². The second-order valence-corrected chi connectivity index (χ2v) is 9.10. The zero-order valence-electron chi connectivity index (χ0n) is 14.2. The normalized spacial score (nSPS) is 18.4. The van der Waals surface area contributed by atoms with Crippen LogP contribution in [0, 0.1) is 5.92 Å². The van der Waals surface area contributed by atoms with Crippen LogP contribution in [0.25, 0.3) is 10.2 Å². The summed E-state index contributed by atoms with van der Waals surface area (Å²) in [5, 5.41) is 11.5. The summed E-state index contributed by atoms with van der Waals surface area (Å²) in [7, 11) is 0. The van der Waals surface area contributed by atoms with Gasteiger partial charge >= 0.3 is 0 Å². The lowest BCUT2D eigenvalue weighted by Crippen LogP contribution is -2.26. The average Bonchev–Trinajstić information content (AvgIpc) is 2.81. The molecule has 0 spiro atoms. The van der Waals surface area contributed by atoms with Crippen molar-refractivity contribution in [3.63, 3.8) is 0 Å². The van der Waals surface area contributed by atoms with E-state index in [1.165, 1.54) is 22.2 Å². The van der Waals surface area contributed by atoms with Crippen molar-refractivity contribution in [1.82, 2.24) is 9.55 Å². The Morgan fingerprint density at radius 1 is 1.48 bits per heavy atom. The van der Waals surface area contributed by atoms with Gasteiger partial charge in [0, 0.05) is 17.2 Å². The molecule has 0 bridgehead atoms. The minimum atomic E-state index is -0.778. The van der Waals surface area contributed by atoms with Gasteiger partial charge in [0.2, 0.25) is 0 Å². The smallest absolute Gasteiger partial charge is 0.263 e. The van der Waals surface area contributed by atoms with Gasteiger partial charge in [-0.1, -0.05) is 18.7 Å². The van der Waals surface area contributed by atoms with Crippen LogP contribution in [0.4, 0.5) is 0 Å². The molecule has 1 aliphatic carbocycles. The lowest BCUT2D eigenvalue weighted by atomic mass is 9.89. The Hall–Kier alpha value is -0.850. The SMILES string of the molecule is CCn1c(SCC(C)(C)O)nc2sc3c(c2c1=O)CCC(C)C3. The molecule has 0 aromatic carbocycles. The van der Waals surface area contributed by atoms with Crippen molar-refractivity contribution in [2.24, 2.45) is 5.92 Å². The van der Waals surface area contributed by atoms with Crippen molar-refractivity contribution in [2.45, 2.75) is 64.3 Å². The Bertz CT molecular complexity index is 786. The van der Waals surface area contributed by atoms with Crippen molar-refractivity contribution in [1.29, 1.82) is 0 Å². The third-order valence-corrected chi connectivity index (χ3v) is 6.82. The van der Waals surface area contributed by atoms with Crippen LogP contribution in [0.5, 0.6) is 0 Å². The Morgan fingerprint density at radius 2 is 2.22 bits per heavy atom. The fourth-order valence-electron chi connectivity index (χ4n) is 3.03. The van der Waals surface area contributed by atoms with Gasteiger partial charge in [-0.15, -0.1) is 11.3 Å². The van der Waals surface area contributed by atoms with Crippen LogP contribution in [0.3, 0.4) is 0 Å². The molecule has 3 rings (SSSR count). The van der Waals surface area contributed by atoms with E-state index in [2.05, 4.69) is 6.92 Å². The summed E-state index contributed by atoms with van der Waals surface area (Å²) in [5.41, 5.74) is 0.546. The minimum absolute atomic E-state index is 0.0859. The molecular formula is C17H24N2O2S2. The number of nitrogens with zero attached hydrogens (tertiary/aromatic N) is 2. The number of aliphatic hydroxyl groups is 1. The Kier molecular flexibility index (Phi) is 4.60. The molecule has 0 aliphatic heterocycles. The third-order valence-electron chi connectivity index (χ3n) is 4.25. The summed E-state index contributed by atoms with van der Waals surface area (Å²) in [6.45, 7) is 8.41. The van der Waals surface area contributed by atoms with E-state index in [9.17, 15) is 9.90 Å². The first-order valence-corrected chi connectivity index (χ1v) is 10.0. The molecule has 0 amide bonds. The van der Waals surface area contributed by atoms with E-state index in [1.807, 2.05) is 6.92 Å². The second kappa shape index (κ2) is 6.22. The first-order valence-electron chi connectivity index (χ1n) is 8.20.